The molecule has 0 aliphatic rings. The molecule has 0 aromatic rings. The minimum atomic E-state index is 0.419. The van der Waals surface area contributed by atoms with Crippen molar-refractivity contribution in [1.82, 2.24) is 16.0 Å². The summed E-state index contributed by atoms with van der Waals surface area (Å²) in [7, 11) is 1.05. The van der Waals surface area contributed by atoms with Gasteiger partial charge in [0, 0.05) is 35.5 Å². The van der Waals surface area contributed by atoms with Crippen LogP contribution in [0.3, 0.4) is 0 Å². The standard InChI is InChI=1S/C12H23N3Si/c1-4-7-13-11(14-8-5-2)10-12(16)15-9-6-3/h4-6,10,12-15H,1-3,7-9H2,16H3. The quantitative estimate of drug-likeness (QED) is 0.365. The number of hydrogen-bond donors (Lipinski definition) is 3. The van der Waals surface area contributed by atoms with E-state index in [-0.39, 0.29) is 0 Å². The van der Waals surface area contributed by atoms with Gasteiger partial charge in [0.2, 0.25) is 0 Å². The summed E-state index contributed by atoms with van der Waals surface area (Å²) in [6, 6.07) is 0. The van der Waals surface area contributed by atoms with Crippen molar-refractivity contribution in [3.8, 4) is 0 Å². The van der Waals surface area contributed by atoms with Crippen LogP contribution in [0.2, 0.25) is 0 Å². The van der Waals surface area contributed by atoms with Gasteiger partial charge in [-0.05, 0) is 6.08 Å². The molecule has 90 valence electrons. The smallest absolute Gasteiger partial charge is 0.0962 e. The Balaban J connectivity index is 4.20. The van der Waals surface area contributed by atoms with Crippen LogP contribution in [-0.2, 0) is 0 Å². The van der Waals surface area contributed by atoms with Gasteiger partial charge in [-0.2, -0.15) is 0 Å². The summed E-state index contributed by atoms with van der Waals surface area (Å²) >= 11 is 0. The third-order valence-electron chi connectivity index (χ3n) is 1.87. The van der Waals surface area contributed by atoms with Crippen LogP contribution in [0.4, 0.5) is 0 Å². The summed E-state index contributed by atoms with van der Waals surface area (Å²) in [6.07, 6.45) is 7.70. The van der Waals surface area contributed by atoms with Gasteiger partial charge in [0.15, 0.2) is 0 Å². The van der Waals surface area contributed by atoms with Crippen molar-refractivity contribution in [3.05, 3.63) is 49.9 Å². The summed E-state index contributed by atoms with van der Waals surface area (Å²) in [4.78, 5) is 0. The van der Waals surface area contributed by atoms with Gasteiger partial charge in [-0.1, -0.05) is 18.2 Å². The van der Waals surface area contributed by atoms with E-state index in [0.29, 0.717) is 5.67 Å². The number of rotatable bonds is 10. The van der Waals surface area contributed by atoms with Crippen LogP contribution in [0.15, 0.2) is 49.9 Å². The molecule has 0 saturated heterocycles. The van der Waals surface area contributed by atoms with E-state index in [4.69, 9.17) is 0 Å². The molecule has 0 spiro atoms. The Morgan fingerprint density at radius 2 is 1.50 bits per heavy atom. The Labute approximate surface area is 102 Å². The van der Waals surface area contributed by atoms with Crippen LogP contribution in [0.5, 0.6) is 0 Å². The highest BCUT2D eigenvalue weighted by molar-refractivity contribution is 6.13. The van der Waals surface area contributed by atoms with E-state index in [0.717, 1.165) is 35.7 Å². The lowest BCUT2D eigenvalue weighted by Gasteiger charge is -2.14. The van der Waals surface area contributed by atoms with Gasteiger partial charge in [-0.15, -0.1) is 19.7 Å². The summed E-state index contributed by atoms with van der Waals surface area (Å²) in [6.45, 7) is 13.4. The molecule has 0 amide bonds. The zero-order chi connectivity index (χ0) is 12.2. The van der Waals surface area contributed by atoms with Crippen LogP contribution in [-0.4, -0.2) is 35.5 Å². The summed E-state index contributed by atoms with van der Waals surface area (Å²) in [5.74, 6) is 1.02. The first-order valence-electron chi connectivity index (χ1n) is 5.50. The van der Waals surface area contributed by atoms with Crippen LogP contribution in [0.25, 0.3) is 0 Å². The summed E-state index contributed by atoms with van der Waals surface area (Å²) in [5.41, 5.74) is 0.419. The van der Waals surface area contributed by atoms with E-state index in [1.54, 1.807) is 0 Å². The predicted octanol–water partition coefficient (Wildman–Crippen LogP) is -0.154. The largest absolute Gasteiger partial charge is 0.369 e. The Morgan fingerprint density at radius 1 is 1.00 bits per heavy atom. The van der Waals surface area contributed by atoms with E-state index in [1.807, 2.05) is 18.2 Å². The molecule has 1 atom stereocenters. The van der Waals surface area contributed by atoms with Crippen LogP contribution in [0.1, 0.15) is 0 Å². The van der Waals surface area contributed by atoms with E-state index >= 15 is 0 Å². The van der Waals surface area contributed by atoms with Crippen LogP contribution in [0, 0.1) is 0 Å². The highest BCUT2D eigenvalue weighted by Gasteiger charge is 1.98. The average molecular weight is 237 g/mol. The Kier molecular flexibility index (Phi) is 9.45. The van der Waals surface area contributed by atoms with Crippen LogP contribution >= 0.6 is 0 Å². The third-order valence-corrected chi connectivity index (χ3v) is 2.62. The van der Waals surface area contributed by atoms with Gasteiger partial charge in [-0.25, -0.2) is 0 Å². The van der Waals surface area contributed by atoms with Gasteiger partial charge in [0.1, 0.15) is 0 Å². The lowest BCUT2D eigenvalue weighted by Crippen LogP contribution is -2.33. The molecule has 0 rings (SSSR count). The molecule has 0 aromatic carbocycles. The molecule has 0 saturated carbocycles. The molecule has 0 fully saturated rings. The Morgan fingerprint density at radius 3 is 1.94 bits per heavy atom. The minimum absolute atomic E-state index is 0.419. The van der Waals surface area contributed by atoms with Gasteiger partial charge in [-0.3, -0.25) is 0 Å². The highest BCUT2D eigenvalue weighted by Crippen LogP contribution is 1.88. The number of hydrogen-bond acceptors (Lipinski definition) is 3. The molecular weight excluding hydrogens is 214 g/mol. The Hall–Kier alpha value is -1.26. The van der Waals surface area contributed by atoms with Gasteiger partial charge >= 0.3 is 0 Å². The first kappa shape index (κ1) is 14.7. The highest BCUT2D eigenvalue weighted by atomic mass is 28.1. The molecule has 0 bridgehead atoms. The van der Waals surface area contributed by atoms with Crippen molar-refractivity contribution in [3.63, 3.8) is 0 Å². The summed E-state index contributed by atoms with van der Waals surface area (Å²) < 4.78 is 0. The first-order valence-corrected chi connectivity index (χ1v) is 6.65. The maximum atomic E-state index is 3.69. The fraction of sp³-hybridized carbons (Fsp3) is 0.333. The number of nitrogens with one attached hydrogen (secondary N) is 3. The SMILES string of the molecule is C=CCNC(=CC([SiH3])NCC=C)NCC=C. The molecule has 0 heterocycles. The molecular formula is C12H23N3Si. The van der Waals surface area contributed by atoms with E-state index in [2.05, 4.69) is 41.8 Å². The van der Waals surface area contributed by atoms with Crippen molar-refractivity contribution < 1.29 is 0 Å². The summed E-state index contributed by atoms with van der Waals surface area (Å²) in [5, 5.41) is 9.86. The molecule has 1 unspecified atom stereocenters. The van der Waals surface area contributed by atoms with Gasteiger partial charge in [0.25, 0.3) is 0 Å². The normalized spacial score (nSPS) is 11.2. The molecule has 3 N–H and O–H groups in total. The zero-order valence-electron chi connectivity index (χ0n) is 10.1. The molecule has 16 heavy (non-hydrogen) atoms. The molecule has 3 nitrogen and oxygen atoms in total. The molecule has 4 heteroatoms. The van der Waals surface area contributed by atoms with E-state index in [1.165, 1.54) is 0 Å². The second-order valence-corrected chi connectivity index (χ2v) is 4.65. The van der Waals surface area contributed by atoms with Gasteiger partial charge in [0.05, 0.1) is 5.82 Å². The maximum absolute atomic E-state index is 3.69. The fourth-order valence-electron chi connectivity index (χ4n) is 1.12. The van der Waals surface area contributed by atoms with Crippen molar-refractivity contribution in [1.29, 1.82) is 0 Å². The monoisotopic (exact) mass is 237 g/mol. The van der Waals surface area contributed by atoms with E-state index < -0.39 is 0 Å². The molecule has 0 radical (unpaired) electrons. The zero-order valence-corrected chi connectivity index (χ0v) is 12.1. The molecule has 0 aliphatic carbocycles. The molecule has 0 aliphatic heterocycles. The maximum Gasteiger partial charge on any atom is 0.0962 e. The second kappa shape index (κ2) is 10.3. The lowest BCUT2D eigenvalue weighted by molar-refractivity contribution is 0.723. The Bertz CT molecular complexity index is 235. The molecule has 0 aromatic heterocycles. The first-order chi connectivity index (χ1) is 7.74. The van der Waals surface area contributed by atoms with Crippen molar-refractivity contribution in [2.45, 2.75) is 5.67 Å². The van der Waals surface area contributed by atoms with Crippen LogP contribution < -0.4 is 16.0 Å². The van der Waals surface area contributed by atoms with E-state index in [9.17, 15) is 0 Å². The third kappa shape index (κ3) is 8.08. The van der Waals surface area contributed by atoms with Crippen molar-refractivity contribution in [2.75, 3.05) is 19.6 Å². The fourth-order valence-corrected chi connectivity index (χ4v) is 1.69. The van der Waals surface area contributed by atoms with Gasteiger partial charge < -0.3 is 16.0 Å². The average Bonchev–Trinajstić information content (AvgIpc) is 2.30. The van der Waals surface area contributed by atoms with Crippen molar-refractivity contribution in [2.24, 2.45) is 0 Å². The second-order valence-electron chi connectivity index (χ2n) is 3.41. The topological polar surface area (TPSA) is 36.1 Å². The predicted molar refractivity (Wildman–Crippen MR) is 76.4 cm³/mol. The lowest BCUT2D eigenvalue weighted by atomic mass is 10.4. The minimum Gasteiger partial charge on any atom is -0.369 e. The van der Waals surface area contributed by atoms with Crippen molar-refractivity contribution >= 4 is 10.2 Å².